The van der Waals surface area contributed by atoms with E-state index in [0.717, 1.165) is 31.7 Å². The summed E-state index contributed by atoms with van der Waals surface area (Å²) >= 11 is 1.87. The van der Waals surface area contributed by atoms with Crippen LogP contribution in [0.3, 0.4) is 0 Å². The van der Waals surface area contributed by atoms with Crippen molar-refractivity contribution in [1.29, 1.82) is 0 Å². The molecule has 6 heteroatoms. The number of thioether (sulfide) groups is 1. The van der Waals surface area contributed by atoms with E-state index in [0.29, 0.717) is 11.2 Å². The van der Waals surface area contributed by atoms with Crippen LogP contribution in [0.15, 0.2) is 0 Å². The van der Waals surface area contributed by atoms with Gasteiger partial charge in [0.2, 0.25) is 0 Å². The lowest BCUT2D eigenvalue weighted by Gasteiger charge is -2.32. The van der Waals surface area contributed by atoms with E-state index in [9.17, 15) is 9.59 Å². The van der Waals surface area contributed by atoms with Crippen molar-refractivity contribution in [1.82, 2.24) is 10.2 Å². The molecule has 5 nitrogen and oxygen atoms in total. The first-order valence-electron chi connectivity index (χ1n) is 6.45. The molecule has 1 saturated carbocycles. The molecule has 102 valence electrons. The quantitative estimate of drug-likeness (QED) is 0.811. The number of carbonyl (C=O) groups excluding carboxylic acids is 1. The molecule has 18 heavy (non-hydrogen) atoms. The highest BCUT2D eigenvalue weighted by Crippen LogP contribution is 2.34. The maximum atomic E-state index is 12.1. The van der Waals surface area contributed by atoms with Crippen LogP contribution in [0.2, 0.25) is 0 Å². The van der Waals surface area contributed by atoms with Gasteiger partial charge in [-0.1, -0.05) is 6.92 Å². The maximum absolute atomic E-state index is 12.1. The third-order valence-corrected chi connectivity index (χ3v) is 4.56. The molecular formula is C12H20N2O3S. The topological polar surface area (TPSA) is 69.6 Å². The van der Waals surface area contributed by atoms with E-state index in [-0.39, 0.29) is 18.5 Å². The molecule has 1 heterocycles. The van der Waals surface area contributed by atoms with Crippen LogP contribution in [0.4, 0.5) is 4.79 Å². The lowest BCUT2D eigenvalue weighted by Crippen LogP contribution is -2.50. The zero-order chi connectivity index (χ0) is 13.1. The summed E-state index contributed by atoms with van der Waals surface area (Å²) in [6, 6.07) is -0.291. The van der Waals surface area contributed by atoms with E-state index in [1.54, 1.807) is 4.90 Å². The summed E-state index contributed by atoms with van der Waals surface area (Å²) in [5.41, 5.74) is 0. The molecule has 0 aromatic carbocycles. The lowest BCUT2D eigenvalue weighted by atomic mass is 10.1. The number of amides is 2. The SMILES string of the molecule is CC1CN(C(=O)NC(CC(=O)O)C2CC2)CCS1. The van der Waals surface area contributed by atoms with Gasteiger partial charge in [-0.15, -0.1) is 0 Å². The van der Waals surface area contributed by atoms with Crippen LogP contribution in [0, 0.1) is 5.92 Å². The highest BCUT2D eigenvalue weighted by atomic mass is 32.2. The molecule has 2 fully saturated rings. The van der Waals surface area contributed by atoms with Crippen LogP contribution in [-0.4, -0.2) is 52.1 Å². The summed E-state index contributed by atoms with van der Waals surface area (Å²) in [7, 11) is 0. The summed E-state index contributed by atoms with van der Waals surface area (Å²) in [6.07, 6.45) is 2.10. The first kappa shape index (κ1) is 13.5. The Hall–Kier alpha value is -0.910. The Morgan fingerprint density at radius 2 is 2.22 bits per heavy atom. The molecule has 0 radical (unpaired) electrons. The Labute approximate surface area is 111 Å². The molecule has 1 aliphatic carbocycles. The molecule has 1 aliphatic heterocycles. The van der Waals surface area contributed by atoms with Gasteiger partial charge in [0.15, 0.2) is 0 Å². The van der Waals surface area contributed by atoms with E-state index < -0.39 is 5.97 Å². The van der Waals surface area contributed by atoms with Crippen molar-refractivity contribution in [2.75, 3.05) is 18.8 Å². The van der Waals surface area contributed by atoms with Gasteiger partial charge >= 0.3 is 12.0 Å². The number of hydrogen-bond acceptors (Lipinski definition) is 3. The van der Waals surface area contributed by atoms with Gasteiger partial charge in [0, 0.05) is 30.1 Å². The number of carboxylic acids is 1. The smallest absolute Gasteiger partial charge is 0.317 e. The molecule has 0 aromatic heterocycles. The van der Waals surface area contributed by atoms with Crippen molar-refractivity contribution < 1.29 is 14.7 Å². The van der Waals surface area contributed by atoms with Crippen LogP contribution in [0.5, 0.6) is 0 Å². The van der Waals surface area contributed by atoms with Gasteiger partial charge in [0.1, 0.15) is 0 Å². The number of aliphatic carboxylic acids is 1. The normalized spacial score (nSPS) is 25.6. The molecule has 1 saturated heterocycles. The molecule has 2 amide bonds. The molecule has 2 atom stereocenters. The molecule has 0 bridgehead atoms. The number of urea groups is 1. The molecule has 0 aromatic rings. The Morgan fingerprint density at radius 1 is 1.50 bits per heavy atom. The second kappa shape index (κ2) is 5.82. The van der Waals surface area contributed by atoms with Crippen molar-refractivity contribution in [2.45, 2.75) is 37.5 Å². The minimum atomic E-state index is -0.838. The number of nitrogens with zero attached hydrogens (tertiary/aromatic N) is 1. The van der Waals surface area contributed by atoms with Gasteiger partial charge in [-0.2, -0.15) is 11.8 Å². The Bertz CT molecular complexity index is 333. The summed E-state index contributed by atoms with van der Waals surface area (Å²) in [4.78, 5) is 24.7. The van der Waals surface area contributed by atoms with Gasteiger partial charge in [0.05, 0.1) is 6.42 Å². The summed E-state index contributed by atoms with van der Waals surface area (Å²) in [5, 5.41) is 12.2. The fourth-order valence-electron chi connectivity index (χ4n) is 2.28. The predicted molar refractivity (Wildman–Crippen MR) is 70.8 cm³/mol. The number of nitrogens with one attached hydrogen (secondary N) is 1. The third kappa shape index (κ3) is 3.80. The largest absolute Gasteiger partial charge is 0.481 e. The predicted octanol–water partition coefficient (Wildman–Crippen LogP) is 1.39. The molecular weight excluding hydrogens is 252 g/mol. The maximum Gasteiger partial charge on any atom is 0.317 e. The van der Waals surface area contributed by atoms with E-state index in [1.807, 2.05) is 11.8 Å². The Balaban J connectivity index is 1.85. The minimum absolute atomic E-state index is 0.0363. The van der Waals surface area contributed by atoms with Crippen molar-refractivity contribution in [3.63, 3.8) is 0 Å². The average molecular weight is 272 g/mol. The number of carbonyl (C=O) groups is 2. The van der Waals surface area contributed by atoms with Crippen LogP contribution in [0.25, 0.3) is 0 Å². The van der Waals surface area contributed by atoms with Crippen molar-refractivity contribution in [3.8, 4) is 0 Å². The summed E-state index contributed by atoms with van der Waals surface area (Å²) in [6.45, 7) is 3.62. The zero-order valence-corrected chi connectivity index (χ0v) is 11.4. The molecule has 2 rings (SSSR count). The van der Waals surface area contributed by atoms with Gasteiger partial charge in [-0.05, 0) is 18.8 Å². The lowest BCUT2D eigenvalue weighted by molar-refractivity contribution is -0.137. The fraction of sp³-hybridized carbons (Fsp3) is 0.833. The number of hydrogen-bond donors (Lipinski definition) is 2. The Morgan fingerprint density at radius 3 is 2.78 bits per heavy atom. The van der Waals surface area contributed by atoms with Gasteiger partial charge in [-0.3, -0.25) is 4.79 Å². The molecule has 2 N–H and O–H groups in total. The van der Waals surface area contributed by atoms with Crippen molar-refractivity contribution in [3.05, 3.63) is 0 Å². The van der Waals surface area contributed by atoms with Gasteiger partial charge in [-0.25, -0.2) is 4.79 Å². The van der Waals surface area contributed by atoms with Gasteiger partial charge in [0.25, 0.3) is 0 Å². The monoisotopic (exact) mass is 272 g/mol. The van der Waals surface area contributed by atoms with Crippen molar-refractivity contribution >= 4 is 23.8 Å². The summed E-state index contributed by atoms with van der Waals surface area (Å²) in [5.74, 6) is 0.484. The molecule has 0 spiro atoms. The standard InChI is InChI=1S/C12H20N2O3S/c1-8-7-14(4-5-18-8)12(17)13-10(6-11(15)16)9-2-3-9/h8-10H,2-7H2,1H3,(H,13,17)(H,15,16). The first-order chi connectivity index (χ1) is 8.56. The van der Waals surface area contributed by atoms with Crippen LogP contribution in [0.1, 0.15) is 26.2 Å². The van der Waals surface area contributed by atoms with Crippen LogP contribution in [-0.2, 0) is 4.79 Å². The van der Waals surface area contributed by atoms with Gasteiger partial charge < -0.3 is 15.3 Å². The highest BCUT2D eigenvalue weighted by Gasteiger charge is 2.35. The van der Waals surface area contributed by atoms with E-state index >= 15 is 0 Å². The minimum Gasteiger partial charge on any atom is -0.481 e. The first-order valence-corrected chi connectivity index (χ1v) is 7.50. The number of carboxylic acid groups (broad SMARTS) is 1. The second-order valence-corrected chi connectivity index (χ2v) is 6.67. The van der Waals surface area contributed by atoms with E-state index in [1.165, 1.54) is 0 Å². The third-order valence-electron chi connectivity index (χ3n) is 3.42. The zero-order valence-electron chi connectivity index (χ0n) is 10.6. The summed E-state index contributed by atoms with van der Waals surface area (Å²) < 4.78 is 0. The average Bonchev–Trinajstić information content (AvgIpc) is 3.11. The van der Waals surface area contributed by atoms with E-state index in [2.05, 4.69) is 12.2 Å². The molecule has 2 aliphatic rings. The highest BCUT2D eigenvalue weighted by molar-refractivity contribution is 7.99. The van der Waals surface area contributed by atoms with Crippen LogP contribution >= 0.6 is 11.8 Å². The fourth-order valence-corrected chi connectivity index (χ4v) is 3.29. The van der Waals surface area contributed by atoms with Crippen molar-refractivity contribution in [2.24, 2.45) is 5.92 Å². The Kier molecular flexibility index (Phi) is 4.37. The second-order valence-electron chi connectivity index (χ2n) is 5.12. The van der Waals surface area contributed by atoms with Crippen LogP contribution < -0.4 is 5.32 Å². The number of rotatable bonds is 4. The molecule has 2 unspecified atom stereocenters. The van der Waals surface area contributed by atoms with E-state index in [4.69, 9.17) is 5.11 Å².